The quantitative estimate of drug-likeness (QED) is 0.485. The van der Waals surface area contributed by atoms with Gasteiger partial charge in [-0.3, -0.25) is 20.4 Å². The summed E-state index contributed by atoms with van der Waals surface area (Å²) in [5.41, 5.74) is 8.37. The van der Waals surface area contributed by atoms with E-state index in [0.717, 1.165) is 22.0 Å². The topological polar surface area (TPSA) is 89.2 Å². The predicted octanol–water partition coefficient (Wildman–Crippen LogP) is 4.19. The van der Waals surface area contributed by atoms with Crippen LogP contribution in [-0.2, 0) is 0 Å². The number of aryl methyl sites for hydroxylation is 2. The summed E-state index contributed by atoms with van der Waals surface area (Å²) in [6.07, 6.45) is 1.55. The third-order valence-electron chi connectivity index (χ3n) is 4.72. The molecule has 0 spiro atoms. The molecule has 4 rings (SSSR count). The third kappa shape index (κ3) is 3.65. The Morgan fingerprint density at radius 3 is 2.43 bits per heavy atom. The van der Waals surface area contributed by atoms with Gasteiger partial charge in [-0.1, -0.05) is 18.2 Å². The van der Waals surface area contributed by atoms with Gasteiger partial charge in [-0.25, -0.2) is 4.98 Å². The zero-order valence-corrected chi connectivity index (χ0v) is 17.5. The van der Waals surface area contributed by atoms with Crippen LogP contribution in [0.3, 0.4) is 0 Å². The van der Waals surface area contributed by atoms with E-state index in [4.69, 9.17) is 4.42 Å². The first-order valence-corrected chi connectivity index (χ1v) is 10.1. The Morgan fingerprint density at radius 2 is 1.73 bits per heavy atom. The monoisotopic (exact) mass is 420 g/mol. The predicted molar refractivity (Wildman–Crippen MR) is 115 cm³/mol. The van der Waals surface area contributed by atoms with Gasteiger partial charge in [0.1, 0.15) is 5.69 Å². The molecule has 2 N–H and O–H groups in total. The normalized spacial score (nSPS) is 10.8. The maximum absolute atomic E-state index is 12.7. The van der Waals surface area contributed by atoms with Gasteiger partial charge in [0.15, 0.2) is 10.8 Å². The van der Waals surface area contributed by atoms with Gasteiger partial charge in [-0.05, 0) is 51.1 Å². The molecular formula is C22H20N4O3S. The van der Waals surface area contributed by atoms with Crippen LogP contribution in [0.1, 0.15) is 37.1 Å². The lowest BCUT2D eigenvalue weighted by Gasteiger charge is -2.10. The average molecular weight is 420 g/mol. The number of para-hydroxylation sites is 1. The van der Waals surface area contributed by atoms with E-state index >= 15 is 0 Å². The van der Waals surface area contributed by atoms with Crippen molar-refractivity contribution in [2.75, 3.05) is 0 Å². The van der Waals surface area contributed by atoms with Crippen LogP contribution in [0.2, 0.25) is 0 Å². The van der Waals surface area contributed by atoms with Gasteiger partial charge < -0.3 is 8.98 Å². The van der Waals surface area contributed by atoms with Crippen molar-refractivity contribution >= 4 is 23.2 Å². The highest BCUT2D eigenvalue weighted by atomic mass is 32.1. The fraction of sp³-hybridized carbons (Fsp3) is 0.136. The van der Waals surface area contributed by atoms with E-state index in [9.17, 15) is 9.59 Å². The molecule has 0 aliphatic heterocycles. The van der Waals surface area contributed by atoms with Crippen molar-refractivity contribution in [3.63, 3.8) is 0 Å². The van der Waals surface area contributed by atoms with Crippen molar-refractivity contribution in [1.82, 2.24) is 20.4 Å². The van der Waals surface area contributed by atoms with Crippen LogP contribution in [0.4, 0.5) is 0 Å². The summed E-state index contributed by atoms with van der Waals surface area (Å²) in [4.78, 5) is 30.3. The van der Waals surface area contributed by atoms with Crippen LogP contribution in [-0.4, -0.2) is 21.4 Å². The highest BCUT2D eigenvalue weighted by Crippen LogP contribution is 2.27. The number of thiazole rings is 1. The van der Waals surface area contributed by atoms with E-state index in [-0.39, 0.29) is 5.69 Å². The Kier molecular flexibility index (Phi) is 5.24. The van der Waals surface area contributed by atoms with Gasteiger partial charge in [-0.2, -0.15) is 0 Å². The molecule has 0 aliphatic carbocycles. The molecule has 0 saturated heterocycles. The second-order valence-electron chi connectivity index (χ2n) is 6.77. The first-order chi connectivity index (χ1) is 14.5. The second-order valence-corrected chi connectivity index (χ2v) is 7.97. The standard InChI is InChI=1S/C22H20N4O3S/c1-13-12-17(14(2)26(13)16-8-5-4-6-9-16)20(27)24-25-21(28)19-15(3)30-22(23-19)18-10-7-11-29-18/h4-12H,1-3H3,(H,24,27)(H,25,28). The number of furan rings is 1. The van der Waals surface area contributed by atoms with Crippen molar-refractivity contribution in [1.29, 1.82) is 0 Å². The fourth-order valence-electron chi connectivity index (χ4n) is 3.32. The Labute approximate surface area is 177 Å². The number of amides is 2. The molecule has 0 bridgehead atoms. The van der Waals surface area contributed by atoms with E-state index in [2.05, 4.69) is 15.8 Å². The van der Waals surface area contributed by atoms with Crippen molar-refractivity contribution in [3.8, 4) is 16.5 Å². The summed E-state index contributed by atoms with van der Waals surface area (Å²) in [7, 11) is 0. The SMILES string of the molecule is Cc1sc(-c2ccco2)nc1C(=O)NNC(=O)c1cc(C)n(-c2ccccc2)c1C. The lowest BCUT2D eigenvalue weighted by molar-refractivity contribution is 0.0843. The summed E-state index contributed by atoms with van der Waals surface area (Å²) in [5.74, 6) is -0.274. The van der Waals surface area contributed by atoms with Gasteiger partial charge in [0.2, 0.25) is 0 Å². The largest absolute Gasteiger partial charge is 0.462 e. The Bertz CT molecular complexity index is 1210. The number of hydrogen-bond donors (Lipinski definition) is 2. The molecular weight excluding hydrogens is 400 g/mol. The van der Waals surface area contributed by atoms with Crippen LogP contribution in [0, 0.1) is 20.8 Å². The number of aromatic nitrogens is 2. The smallest absolute Gasteiger partial charge is 0.289 e. The molecule has 0 saturated carbocycles. The molecule has 1 aromatic carbocycles. The van der Waals surface area contributed by atoms with Crippen LogP contribution in [0.5, 0.6) is 0 Å². The van der Waals surface area contributed by atoms with Crippen LogP contribution in [0.25, 0.3) is 16.5 Å². The maximum Gasteiger partial charge on any atom is 0.289 e. The second kappa shape index (κ2) is 8.00. The molecule has 0 atom stereocenters. The van der Waals surface area contributed by atoms with Crippen molar-refractivity contribution < 1.29 is 14.0 Å². The Hall–Kier alpha value is -3.65. The molecule has 4 aromatic rings. The van der Waals surface area contributed by atoms with E-state index in [0.29, 0.717) is 16.3 Å². The van der Waals surface area contributed by atoms with Crippen molar-refractivity contribution in [2.45, 2.75) is 20.8 Å². The minimum atomic E-state index is -0.480. The number of nitrogens with zero attached hydrogens (tertiary/aromatic N) is 2. The molecule has 152 valence electrons. The van der Waals surface area contributed by atoms with Gasteiger partial charge >= 0.3 is 0 Å². The molecule has 0 unspecified atom stereocenters. The number of nitrogens with one attached hydrogen (secondary N) is 2. The maximum atomic E-state index is 12.7. The molecule has 3 heterocycles. The number of hydrazine groups is 1. The molecule has 7 nitrogen and oxygen atoms in total. The van der Waals surface area contributed by atoms with E-state index in [1.807, 2.05) is 48.7 Å². The third-order valence-corrected chi connectivity index (χ3v) is 5.71. The number of benzene rings is 1. The molecule has 0 fully saturated rings. The number of rotatable bonds is 4. The highest BCUT2D eigenvalue weighted by Gasteiger charge is 2.20. The lowest BCUT2D eigenvalue weighted by atomic mass is 10.2. The summed E-state index contributed by atoms with van der Waals surface area (Å²) in [6, 6.07) is 15.1. The van der Waals surface area contributed by atoms with E-state index in [1.165, 1.54) is 11.3 Å². The van der Waals surface area contributed by atoms with Gasteiger partial charge in [0.25, 0.3) is 11.8 Å². The lowest BCUT2D eigenvalue weighted by Crippen LogP contribution is -2.42. The number of carbonyl (C=O) groups excluding carboxylic acids is 2. The van der Waals surface area contributed by atoms with Gasteiger partial charge in [-0.15, -0.1) is 11.3 Å². The highest BCUT2D eigenvalue weighted by molar-refractivity contribution is 7.15. The van der Waals surface area contributed by atoms with Crippen LogP contribution in [0.15, 0.2) is 59.2 Å². The minimum Gasteiger partial charge on any atom is -0.462 e. The molecule has 0 aliphatic rings. The molecule has 0 radical (unpaired) electrons. The molecule has 3 aromatic heterocycles. The molecule has 2 amide bonds. The molecule has 8 heteroatoms. The minimum absolute atomic E-state index is 0.251. The van der Waals surface area contributed by atoms with Crippen molar-refractivity contribution in [3.05, 3.63) is 82.3 Å². The van der Waals surface area contributed by atoms with Crippen LogP contribution >= 0.6 is 11.3 Å². The van der Waals surface area contributed by atoms with Gasteiger partial charge in [0.05, 0.1) is 11.8 Å². The Morgan fingerprint density at radius 1 is 1.00 bits per heavy atom. The number of carbonyl (C=O) groups is 2. The van der Waals surface area contributed by atoms with Crippen molar-refractivity contribution in [2.24, 2.45) is 0 Å². The summed E-state index contributed by atoms with van der Waals surface area (Å²) in [5, 5.41) is 0.611. The summed E-state index contributed by atoms with van der Waals surface area (Å²) < 4.78 is 7.33. The van der Waals surface area contributed by atoms with E-state index in [1.54, 1.807) is 31.4 Å². The number of hydrogen-bond acceptors (Lipinski definition) is 5. The van der Waals surface area contributed by atoms with E-state index < -0.39 is 11.8 Å². The zero-order chi connectivity index (χ0) is 21.3. The van der Waals surface area contributed by atoms with Gasteiger partial charge in [0, 0.05) is 22.0 Å². The zero-order valence-electron chi connectivity index (χ0n) is 16.7. The van der Waals surface area contributed by atoms with Crippen LogP contribution < -0.4 is 10.9 Å². The molecule has 30 heavy (non-hydrogen) atoms. The summed E-state index contributed by atoms with van der Waals surface area (Å²) in [6.45, 7) is 5.61. The fourth-order valence-corrected chi connectivity index (χ4v) is 4.20. The first-order valence-electron chi connectivity index (χ1n) is 9.32. The summed E-state index contributed by atoms with van der Waals surface area (Å²) >= 11 is 1.35. The average Bonchev–Trinajstić information content (AvgIpc) is 3.46. The first kappa shape index (κ1) is 19.7. The Balaban J connectivity index is 1.49.